The summed E-state index contributed by atoms with van der Waals surface area (Å²) in [6.45, 7) is 1.40. The van der Waals surface area contributed by atoms with Gasteiger partial charge in [0.1, 0.15) is 5.82 Å². The molecule has 2 rings (SSSR count). The Kier molecular flexibility index (Phi) is 4.37. The molecular weight excluding hydrogens is 247 g/mol. The van der Waals surface area contributed by atoms with Crippen LogP contribution in [0.15, 0.2) is 18.2 Å². The standard InChI is InChI=1S/C14H19FN2O2/c15-12-5-11(9-18)6-13(8-12)17-3-1-10(2-4-17)7-14(16)19/h5-6,8,10,18H,1-4,7,9H2,(H2,16,19). The molecule has 1 amide bonds. The number of aliphatic hydroxyl groups excluding tert-OH is 1. The Hall–Kier alpha value is -1.62. The molecule has 0 aromatic heterocycles. The lowest BCUT2D eigenvalue weighted by atomic mass is 9.93. The van der Waals surface area contributed by atoms with E-state index in [1.54, 1.807) is 6.07 Å². The predicted octanol–water partition coefficient (Wildman–Crippen LogP) is 1.41. The van der Waals surface area contributed by atoms with Crippen molar-refractivity contribution in [3.63, 3.8) is 0 Å². The zero-order chi connectivity index (χ0) is 13.8. The van der Waals surface area contributed by atoms with E-state index in [4.69, 9.17) is 10.8 Å². The number of anilines is 1. The van der Waals surface area contributed by atoms with Crippen molar-refractivity contribution in [3.8, 4) is 0 Å². The quantitative estimate of drug-likeness (QED) is 0.866. The first-order valence-corrected chi connectivity index (χ1v) is 6.52. The Morgan fingerprint density at radius 3 is 2.63 bits per heavy atom. The maximum absolute atomic E-state index is 13.4. The summed E-state index contributed by atoms with van der Waals surface area (Å²) in [6.07, 6.45) is 2.20. The molecule has 1 aromatic carbocycles. The van der Waals surface area contributed by atoms with E-state index in [9.17, 15) is 9.18 Å². The van der Waals surface area contributed by atoms with Gasteiger partial charge >= 0.3 is 0 Å². The molecule has 0 bridgehead atoms. The summed E-state index contributed by atoms with van der Waals surface area (Å²) < 4.78 is 13.4. The largest absolute Gasteiger partial charge is 0.392 e. The van der Waals surface area contributed by atoms with Gasteiger partial charge in [0.2, 0.25) is 5.91 Å². The Labute approximate surface area is 112 Å². The second-order valence-electron chi connectivity index (χ2n) is 5.08. The van der Waals surface area contributed by atoms with Gasteiger partial charge in [0.25, 0.3) is 0 Å². The molecule has 104 valence electrons. The third-order valence-corrected chi connectivity index (χ3v) is 3.59. The average molecular weight is 266 g/mol. The zero-order valence-electron chi connectivity index (χ0n) is 10.8. The van der Waals surface area contributed by atoms with E-state index in [0.29, 0.717) is 17.9 Å². The fourth-order valence-corrected chi connectivity index (χ4v) is 2.59. The van der Waals surface area contributed by atoms with Crippen molar-refractivity contribution < 1.29 is 14.3 Å². The third kappa shape index (κ3) is 3.67. The summed E-state index contributed by atoms with van der Waals surface area (Å²) in [4.78, 5) is 13.0. The summed E-state index contributed by atoms with van der Waals surface area (Å²) >= 11 is 0. The Morgan fingerprint density at radius 1 is 1.37 bits per heavy atom. The van der Waals surface area contributed by atoms with E-state index in [1.165, 1.54) is 12.1 Å². The summed E-state index contributed by atoms with van der Waals surface area (Å²) in [7, 11) is 0. The van der Waals surface area contributed by atoms with Gasteiger partial charge in [-0.3, -0.25) is 4.79 Å². The first-order valence-electron chi connectivity index (χ1n) is 6.52. The van der Waals surface area contributed by atoms with Gasteiger partial charge in [-0.25, -0.2) is 4.39 Å². The van der Waals surface area contributed by atoms with Crippen LogP contribution in [0.3, 0.4) is 0 Å². The molecule has 1 aliphatic heterocycles. The van der Waals surface area contributed by atoms with E-state index in [1.807, 2.05) is 0 Å². The van der Waals surface area contributed by atoms with Gasteiger partial charge in [-0.1, -0.05) is 0 Å². The van der Waals surface area contributed by atoms with Crippen molar-refractivity contribution in [2.75, 3.05) is 18.0 Å². The van der Waals surface area contributed by atoms with E-state index in [-0.39, 0.29) is 18.3 Å². The lowest BCUT2D eigenvalue weighted by Gasteiger charge is -2.33. The van der Waals surface area contributed by atoms with E-state index < -0.39 is 0 Å². The maximum atomic E-state index is 13.4. The monoisotopic (exact) mass is 266 g/mol. The summed E-state index contributed by atoms with van der Waals surface area (Å²) in [5.41, 5.74) is 6.57. The maximum Gasteiger partial charge on any atom is 0.217 e. The van der Waals surface area contributed by atoms with Crippen molar-refractivity contribution in [1.82, 2.24) is 0 Å². The summed E-state index contributed by atoms with van der Waals surface area (Å²) in [5, 5.41) is 9.09. The molecule has 1 saturated heterocycles. The predicted molar refractivity (Wildman–Crippen MR) is 71.1 cm³/mol. The van der Waals surface area contributed by atoms with Crippen molar-refractivity contribution in [3.05, 3.63) is 29.6 Å². The van der Waals surface area contributed by atoms with Crippen LogP contribution in [0.2, 0.25) is 0 Å². The van der Waals surface area contributed by atoms with Crippen LogP contribution in [0.1, 0.15) is 24.8 Å². The normalized spacial score (nSPS) is 16.6. The number of hydrogen-bond acceptors (Lipinski definition) is 3. The smallest absolute Gasteiger partial charge is 0.217 e. The van der Waals surface area contributed by atoms with Gasteiger partial charge in [-0.15, -0.1) is 0 Å². The van der Waals surface area contributed by atoms with Gasteiger partial charge in [0, 0.05) is 25.2 Å². The van der Waals surface area contributed by atoms with Crippen molar-refractivity contribution in [1.29, 1.82) is 0 Å². The number of nitrogens with two attached hydrogens (primary N) is 1. The number of carbonyl (C=O) groups is 1. The average Bonchev–Trinajstić information content (AvgIpc) is 2.38. The number of rotatable bonds is 4. The minimum atomic E-state index is -0.333. The second-order valence-corrected chi connectivity index (χ2v) is 5.08. The highest BCUT2D eigenvalue weighted by Gasteiger charge is 2.21. The third-order valence-electron chi connectivity index (χ3n) is 3.59. The Bertz CT molecular complexity index is 457. The second kappa shape index (κ2) is 6.02. The number of halogens is 1. The number of primary amides is 1. The number of nitrogens with zero attached hydrogens (tertiary/aromatic N) is 1. The summed E-state index contributed by atoms with van der Waals surface area (Å²) in [5.74, 6) is -0.257. The minimum Gasteiger partial charge on any atom is -0.392 e. The Balaban J connectivity index is 2.01. The molecule has 19 heavy (non-hydrogen) atoms. The van der Waals surface area contributed by atoms with Gasteiger partial charge in [0.15, 0.2) is 0 Å². The highest BCUT2D eigenvalue weighted by Crippen LogP contribution is 2.26. The molecule has 0 atom stereocenters. The van der Waals surface area contributed by atoms with Crippen molar-refractivity contribution in [2.24, 2.45) is 11.7 Å². The molecule has 0 radical (unpaired) electrons. The topological polar surface area (TPSA) is 66.6 Å². The number of hydrogen-bond donors (Lipinski definition) is 2. The molecule has 1 fully saturated rings. The number of aliphatic hydroxyl groups is 1. The van der Waals surface area contributed by atoms with E-state index in [0.717, 1.165) is 31.6 Å². The fourth-order valence-electron chi connectivity index (χ4n) is 2.59. The molecule has 0 aliphatic carbocycles. The summed E-state index contributed by atoms with van der Waals surface area (Å²) in [6, 6.07) is 4.62. The first-order chi connectivity index (χ1) is 9.08. The van der Waals surface area contributed by atoms with E-state index in [2.05, 4.69) is 4.90 Å². The van der Waals surface area contributed by atoms with Crippen LogP contribution in [0.25, 0.3) is 0 Å². The Morgan fingerprint density at radius 2 is 2.05 bits per heavy atom. The van der Waals surface area contributed by atoms with Crippen LogP contribution in [0.5, 0.6) is 0 Å². The lowest BCUT2D eigenvalue weighted by molar-refractivity contribution is -0.119. The molecular formula is C14H19FN2O2. The van der Waals surface area contributed by atoms with Crippen LogP contribution < -0.4 is 10.6 Å². The molecule has 1 aliphatic rings. The fraction of sp³-hybridized carbons (Fsp3) is 0.500. The first kappa shape index (κ1) is 13.8. The lowest BCUT2D eigenvalue weighted by Crippen LogP contribution is -2.35. The molecule has 5 heteroatoms. The molecule has 0 spiro atoms. The van der Waals surface area contributed by atoms with Crippen molar-refractivity contribution in [2.45, 2.75) is 25.9 Å². The molecule has 0 saturated carbocycles. The number of amides is 1. The van der Waals surface area contributed by atoms with Gasteiger partial charge in [0.05, 0.1) is 6.61 Å². The number of benzene rings is 1. The van der Waals surface area contributed by atoms with Crippen LogP contribution in [0.4, 0.5) is 10.1 Å². The van der Waals surface area contributed by atoms with Crippen LogP contribution in [-0.2, 0) is 11.4 Å². The zero-order valence-corrected chi connectivity index (χ0v) is 10.8. The van der Waals surface area contributed by atoms with E-state index >= 15 is 0 Å². The molecule has 0 unspecified atom stereocenters. The molecule has 3 N–H and O–H groups in total. The molecule has 4 nitrogen and oxygen atoms in total. The minimum absolute atomic E-state index is 0.164. The van der Waals surface area contributed by atoms with Crippen LogP contribution in [0, 0.1) is 11.7 Å². The van der Waals surface area contributed by atoms with Gasteiger partial charge in [-0.05, 0) is 42.5 Å². The van der Waals surface area contributed by atoms with Crippen LogP contribution >= 0.6 is 0 Å². The van der Waals surface area contributed by atoms with Crippen molar-refractivity contribution >= 4 is 11.6 Å². The molecule has 1 heterocycles. The SMILES string of the molecule is NC(=O)CC1CCN(c2cc(F)cc(CO)c2)CC1. The number of carbonyl (C=O) groups excluding carboxylic acids is 1. The van der Waals surface area contributed by atoms with Crippen LogP contribution in [-0.4, -0.2) is 24.1 Å². The highest BCUT2D eigenvalue weighted by atomic mass is 19.1. The van der Waals surface area contributed by atoms with Gasteiger partial charge in [-0.2, -0.15) is 0 Å². The highest BCUT2D eigenvalue weighted by molar-refractivity contribution is 5.74. The molecule has 1 aromatic rings. The number of piperidine rings is 1. The van der Waals surface area contributed by atoms with Gasteiger partial charge < -0.3 is 15.7 Å².